The first-order valence-electron chi connectivity index (χ1n) is 5.46. The predicted octanol–water partition coefficient (Wildman–Crippen LogP) is 2.19. The zero-order chi connectivity index (χ0) is 9.73. The van der Waals surface area contributed by atoms with Gasteiger partial charge in [-0.1, -0.05) is 13.8 Å². The van der Waals surface area contributed by atoms with Crippen LogP contribution in [-0.4, -0.2) is 25.8 Å². The van der Waals surface area contributed by atoms with Gasteiger partial charge < -0.3 is 10.1 Å². The van der Waals surface area contributed by atoms with Crippen LogP contribution in [0.4, 0.5) is 0 Å². The van der Waals surface area contributed by atoms with Crippen molar-refractivity contribution >= 4 is 0 Å². The van der Waals surface area contributed by atoms with Crippen molar-refractivity contribution in [1.82, 2.24) is 5.32 Å². The molecule has 13 heavy (non-hydrogen) atoms. The molecule has 78 valence electrons. The summed E-state index contributed by atoms with van der Waals surface area (Å²) in [6.07, 6.45) is 5.20. The normalized spacial score (nSPS) is 30.7. The van der Waals surface area contributed by atoms with E-state index in [-0.39, 0.29) is 0 Å². The smallest absolute Gasteiger partial charge is 0.0488 e. The summed E-state index contributed by atoms with van der Waals surface area (Å²) in [5, 5.41) is 3.65. The maximum Gasteiger partial charge on any atom is 0.0488 e. The first kappa shape index (κ1) is 11.0. The van der Waals surface area contributed by atoms with Gasteiger partial charge in [0.25, 0.3) is 0 Å². The number of hydrogen-bond acceptors (Lipinski definition) is 2. The van der Waals surface area contributed by atoms with Gasteiger partial charge in [0.1, 0.15) is 0 Å². The molecule has 0 bridgehead atoms. The number of methoxy groups -OCH3 is 1. The van der Waals surface area contributed by atoms with E-state index < -0.39 is 0 Å². The molecule has 2 atom stereocenters. The minimum atomic E-state index is 0.429. The maximum absolute atomic E-state index is 5.18. The third-order valence-corrected chi connectivity index (χ3v) is 3.20. The van der Waals surface area contributed by atoms with Gasteiger partial charge in [-0.2, -0.15) is 0 Å². The molecule has 1 rings (SSSR count). The number of rotatable bonds is 5. The Hall–Kier alpha value is -0.0800. The van der Waals surface area contributed by atoms with Crippen LogP contribution in [0, 0.1) is 5.92 Å². The van der Waals surface area contributed by atoms with E-state index in [4.69, 9.17) is 4.74 Å². The van der Waals surface area contributed by atoms with Crippen LogP contribution in [0.5, 0.6) is 0 Å². The third kappa shape index (κ3) is 2.96. The summed E-state index contributed by atoms with van der Waals surface area (Å²) < 4.78 is 5.18. The Morgan fingerprint density at radius 1 is 1.54 bits per heavy atom. The Balaban J connectivity index is 2.38. The van der Waals surface area contributed by atoms with Crippen LogP contribution >= 0.6 is 0 Å². The summed E-state index contributed by atoms with van der Waals surface area (Å²) in [5.74, 6) is 0.676. The highest BCUT2D eigenvalue weighted by Crippen LogP contribution is 2.29. The van der Waals surface area contributed by atoms with Gasteiger partial charge in [0.05, 0.1) is 0 Å². The Bertz CT molecular complexity index is 141. The molecule has 0 aromatic rings. The zero-order valence-electron chi connectivity index (χ0n) is 9.23. The minimum Gasteiger partial charge on any atom is -0.384 e. The minimum absolute atomic E-state index is 0.429. The third-order valence-electron chi connectivity index (χ3n) is 3.20. The van der Waals surface area contributed by atoms with E-state index in [0.717, 1.165) is 6.61 Å². The first-order valence-corrected chi connectivity index (χ1v) is 5.46. The van der Waals surface area contributed by atoms with Crippen molar-refractivity contribution in [3.63, 3.8) is 0 Å². The van der Waals surface area contributed by atoms with Crippen molar-refractivity contribution in [2.75, 3.05) is 20.3 Å². The van der Waals surface area contributed by atoms with Gasteiger partial charge >= 0.3 is 0 Å². The highest BCUT2D eigenvalue weighted by atomic mass is 16.5. The lowest BCUT2D eigenvalue weighted by molar-refractivity contribution is 0.135. The van der Waals surface area contributed by atoms with Gasteiger partial charge in [-0.25, -0.2) is 0 Å². The molecule has 0 aromatic heterocycles. The fourth-order valence-electron chi connectivity index (χ4n) is 2.50. The van der Waals surface area contributed by atoms with Crippen molar-refractivity contribution in [1.29, 1.82) is 0 Å². The molecule has 1 aliphatic rings. The lowest BCUT2D eigenvalue weighted by atomic mass is 9.85. The molecule has 2 unspecified atom stereocenters. The van der Waals surface area contributed by atoms with Crippen LogP contribution in [0.2, 0.25) is 0 Å². The summed E-state index contributed by atoms with van der Waals surface area (Å²) in [6.45, 7) is 6.66. The van der Waals surface area contributed by atoms with E-state index in [1.165, 1.54) is 32.2 Å². The fraction of sp³-hybridized carbons (Fsp3) is 1.00. The van der Waals surface area contributed by atoms with E-state index in [1.807, 2.05) is 0 Å². The van der Waals surface area contributed by atoms with Crippen LogP contribution in [0.15, 0.2) is 0 Å². The highest BCUT2D eigenvalue weighted by Gasteiger charge is 2.32. The van der Waals surface area contributed by atoms with Crippen LogP contribution in [-0.2, 0) is 4.74 Å². The van der Waals surface area contributed by atoms with Crippen molar-refractivity contribution < 1.29 is 4.74 Å². The molecule has 1 fully saturated rings. The van der Waals surface area contributed by atoms with Crippen molar-refractivity contribution in [2.45, 2.75) is 45.1 Å². The van der Waals surface area contributed by atoms with Gasteiger partial charge in [-0.15, -0.1) is 0 Å². The molecule has 0 saturated carbocycles. The quantitative estimate of drug-likeness (QED) is 0.709. The average Bonchev–Trinajstić information content (AvgIpc) is 2.54. The van der Waals surface area contributed by atoms with Crippen molar-refractivity contribution in [2.24, 2.45) is 5.92 Å². The summed E-state index contributed by atoms with van der Waals surface area (Å²) in [6, 6.07) is 0. The number of hydrogen-bond donors (Lipinski definition) is 1. The molecule has 0 aromatic carbocycles. The van der Waals surface area contributed by atoms with E-state index in [9.17, 15) is 0 Å². The van der Waals surface area contributed by atoms with Gasteiger partial charge in [-0.05, 0) is 38.1 Å². The van der Waals surface area contributed by atoms with Crippen LogP contribution in [0.25, 0.3) is 0 Å². The molecule has 0 aliphatic carbocycles. The van der Waals surface area contributed by atoms with Crippen molar-refractivity contribution in [3.05, 3.63) is 0 Å². The van der Waals surface area contributed by atoms with E-state index in [0.29, 0.717) is 11.5 Å². The van der Waals surface area contributed by atoms with Gasteiger partial charge in [0.2, 0.25) is 0 Å². The van der Waals surface area contributed by atoms with Gasteiger partial charge in [0, 0.05) is 19.3 Å². The monoisotopic (exact) mass is 185 g/mol. The summed E-state index contributed by atoms with van der Waals surface area (Å²) in [4.78, 5) is 0. The Morgan fingerprint density at radius 3 is 2.77 bits per heavy atom. The molecule has 0 spiro atoms. The maximum atomic E-state index is 5.18. The summed E-state index contributed by atoms with van der Waals surface area (Å²) >= 11 is 0. The molecule has 1 saturated heterocycles. The van der Waals surface area contributed by atoms with Crippen molar-refractivity contribution in [3.8, 4) is 0 Å². The standard InChI is InChI=1S/C11H23NO/c1-4-11(6-5-7-12-11)8-10(2)9-13-3/h10,12H,4-9H2,1-3H3. The Kier molecular flexibility index (Phi) is 4.20. The molecular formula is C11H23NO. The predicted molar refractivity (Wildman–Crippen MR) is 55.9 cm³/mol. The molecular weight excluding hydrogens is 162 g/mol. The second-order valence-corrected chi connectivity index (χ2v) is 4.43. The number of nitrogens with one attached hydrogen (secondary N) is 1. The fourth-order valence-corrected chi connectivity index (χ4v) is 2.50. The van der Waals surface area contributed by atoms with Gasteiger partial charge in [0.15, 0.2) is 0 Å². The molecule has 1 heterocycles. The molecule has 1 N–H and O–H groups in total. The first-order chi connectivity index (χ1) is 6.22. The number of ether oxygens (including phenoxy) is 1. The van der Waals surface area contributed by atoms with Crippen LogP contribution < -0.4 is 5.32 Å². The summed E-state index contributed by atoms with van der Waals surface area (Å²) in [7, 11) is 1.79. The molecule has 2 heteroatoms. The lowest BCUT2D eigenvalue weighted by Gasteiger charge is -2.31. The Morgan fingerprint density at radius 2 is 2.31 bits per heavy atom. The largest absolute Gasteiger partial charge is 0.384 e. The zero-order valence-corrected chi connectivity index (χ0v) is 9.23. The average molecular weight is 185 g/mol. The van der Waals surface area contributed by atoms with E-state index >= 15 is 0 Å². The van der Waals surface area contributed by atoms with Gasteiger partial charge in [-0.3, -0.25) is 0 Å². The van der Waals surface area contributed by atoms with E-state index in [1.54, 1.807) is 7.11 Å². The highest BCUT2D eigenvalue weighted by molar-refractivity contribution is 4.92. The van der Waals surface area contributed by atoms with Crippen LogP contribution in [0.1, 0.15) is 39.5 Å². The second kappa shape index (κ2) is 4.97. The second-order valence-electron chi connectivity index (χ2n) is 4.43. The molecule has 0 amide bonds. The summed E-state index contributed by atoms with van der Waals surface area (Å²) in [5.41, 5.74) is 0.429. The SMILES string of the molecule is CCC1(CC(C)COC)CCCN1. The van der Waals surface area contributed by atoms with E-state index in [2.05, 4.69) is 19.2 Å². The Labute approximate surface area is 82.0 Å². The molecule has 1 aliphatic heterocycles. The van der Waals surface area contributed by atoms with Crippen LogP contribution in [0.3, 0.4) is 0 Å². The molecule has 2 nitrogen and oxygen atoms in total. The lowest BCUT2D eigenvalue weighted by Crippen LogP contribution is -2.41. The molecule has 0 radical (unpaired) electrons. The topological polar surface area (TPSA) is 21.3 Å².